The number of nitrogens with zero attached hydrogens (tertiary/aromatic N) is 4. The summed E-state index contributed by atoms with van der Waals surface area (Å²) in [4.78, 5) is 64.6. The predicted molar refractivity (Wildman–Crippen MR) is 127 cm³/mol. The Balaban J connectivity index is 1.62. The average Bonchev–Trinajstić information content (AvgIpc) is 3.30. The lowest BCUT2D eigenvalue weighted by atomic mass is 9.85. The van der Waals surface area contributed by atoms with Gasteiger partial charge in [-0.15, -0.1) is 0 Å². The highest BCUT2D eigenvalue weighted by atomic mass is 32.1. The lowest BCUT2D eigenvalue weighted by Gasteiger charge is -2.35. The summed E-state index contributed by atoms with van der Waals surface area (Å²) in [6, 6.07) is -0.710. The van der Waals surface area contributed by atoms with Crippen LogP contribution in [-0.4, -0.2) is 48.3 Å². The standard InChI is InChI=1S/C22H30N6O5S/c1-4-5-10-26-17-14(15(16(23)29)34-25-17)18(30)28(21(26)33)13-8-6-12(7-9-13)11-27-20(32)24-19(31)22(27,2)3/h12-13H,4-11H2,1-3H3,(H2,23,29)(H,24,31,32). The Bertz CT molecular complexity index is 1270. The molecule has 0 bridgehead atoms. The molecule has 2 aromatic rings. The maximum absolute atomic E-state index is 13.4. The molecule has 1 aliphatic carbocycles. The molecule has 0 aromatic carbocycles. The van der Waals surface area contributed by atoms with Crippen molar-refractivity contribution in [3.63, 3.8) is 0 Å². The van der Waals surface area contributed by atoms with Gasteiger partial charge in [-0.1, -0.05) is 13.3 Å². The smallest absolute Gasteiger partial charge is 0.332 e. The first-order valence-corrected chi connectivity index (χ1v) is 12.4. The van der Waals surface area contributed by atoms with Crippen molar-refractivity contribution in [3.05, 3.63) is 25.7 Å². The highest BCUT2D eigenvalue weighted by molar-refractivity contribution is 7.09. The van der Waals surface area contributed by atoms with Crippen LogP contribution in [0.2, 0.25) is 0 Å². The third kappa shape index (κ3) is 3.93. The first kappa shape index (κ1) is 24.1. The SMILES string of the molecule is CCCCn1c(=O)n(C2CCC(CN3C(=O)NC(=O)C3(C)C)CC2)c(=O)c2c(C(N)=O)snc21. The van der Waals surface area contributed by atoms with Crippen LogP contribution in [-0.2, 0) is 11.3 Å². The van der Waals surface area contributed by atoms with Gasteiger partial charge in [-0.2, -0.15) is 4.37 Å². The molecule has 2 fully saturated rings. The summed E-state index contributed by atoms with van der Waals surface area (Å²) in [5.74, 6) is -0.896. The second kappa shape index (κ2) is 8.97. The van der Waals surface area contributed by atoms with Crippen molar-refractivity contribution in [2.75, 3.05) is 6.54 Å². The van der Waals surface area contributed by atoms with Crippen LogP contribution in [0.4, 0.5) is 4.79 Å². The van der Waals surface area contributed by atoms with Gasteiger partial charge in [0, 0.05) is 19.1 Å². The molecule has 0 spiro atoms. The van der Waals surface area contributed by atoms with Crippen LogP contribution in [0.1, 0.15) is 75.0 Å². The quantitative estimate of drug-likeness (QED) is 0.563. The number of hydrogen-bond acceptors (Lipinski definition) is 7. The summed E-state index contributed by atoms with van der Waals surface area (Å²) in [7, 11) is 0. The summed E-state index contributed by atoms with van der Waals surface area (Å²) in [5.41, 5.74) is 3.86. The molecular formula is C22H30N6O5S. The summed E-state index contributed by atoms with van der Waals surface area (Å²) < 4.78 is 6.97. The molecule has 1 aliphatic heterocycles. The molecule has 11 nitrogen and oxygen atoms in total. The maximum Gasteiger partial charge on any atom is 0.332 e. The van der Waals surface area contributed by atoms with E-state index in [1.807, 2.05) is 6.92 Å². The van der Waals surface area contributed by atoms with Crippen molar-refractivity contribution in [1.29, 1.82) is 0 Å². The Labute approximate surface area is 200 Å². The number of nitrogens with one attached hydrogen (secondary N) is 1. The Kier molecular flexibility index (Phi) is 6.36. The second-order valence-electron chi connectivity index (χ2n) is 9.64. The number of nitrogens with two attached hydrogens (primary N) is 1. The van der Waals surface area contributed by atoms with Crippen molar-refractivity contribution in [1.82, 2.24) is 23.7 Å². The number of imide groups is 1. The number of urea groups is 1. The number of rotatable bonds is 7. The van der Waals surface area contributed by atoms with E-state index < -0.39 is 22.7 Å². The fraction of sp³-hybridized carbons (Fsp3) is 0.636. The molecule has 34 heavy (non-hydrogen) atoms. The van der Waals surface area contributed by atoms with Gasteiger partial charge in [-0.3, -0.25) is 28.8 Å². The van der Waals surface area contributed by atoms with Gasteiger partial charge in [0.25, 0.3) is 17.4 Å². The summed E-state index contributed by atoms with van der Waals surface area (Å²) in [5, 5.41) is 2.48. The van der Waals surface area contributed by atoms with E-state index >= 15 is 0 Å². The zero-order chi connectivity index (χ0) is 24.8. The number of amides is 4. The van der Waals surface area contributed by atoms with Gasteiger partial charge in [0.1, 0.15) is 15.8 Å². The van der Waals surface area contributed by atoms with E-state index in [0.29, 0.717) is 38.8 Å². The van der Waals surface area contributed by atoms with Crippen molar-refractivity contribution in [3.8, 4) is 0 Å². The van der Waals surface area contributed by atoms with Gasteiger partial charge in [0.2, 0.25) is 0 Å². The van der Waals surface area contributed by atoms with Crippen LogP contribution in [0.3, 0.4) is 0 Å². The van der Waals surface area contributed by atoms with Crippen LogP contribution >= 0.6 is 11.5 Å². The van der Waals surface area contributed by atoms with Crippen LogP contribution in [0.25, 0.3) is 11.0 Å². The Hall–Kier alpha value is -3.02. The van der Waals surface area contributed by atoms with Gasteiger partial charge >= 0.3 is 11.7 Å². The number of carbonyl (C=O) groups excluding carboxylic acids is 3. The largest absolute Gasteiger partial charge is 0.365 e. The van der Waals surface area contributed by atoms with Crippen molar-refractivity contribution < 1.29 is 14.4 Å². The summed E-state index contributed by atoms with van der Waals surface area (Å²) in [6.45, 7) is 6.28. The summed E-state index contributed by atoms with van der Waals surface area (Å²) >= 11 is 0.847. The third-order valence-electron chi connectivity index (χ3n) is 7.08. The van der Waals surface area contributed by atoms with E-state index in [2.05, 4.69) is 9.69 Å². The monoisotopic (exact) mass is 490 g/mol. The molecule has 3 N–H and O–H groups in total. The molecule has 12 heteroatoms. The molecule has 184 valence electrons. The topological polar surface area (TPSA) is 149 Å². The fourth-order valence-corrected chi connectivity index (χ4v) is 5.67. The normalized spacial score (nSPS) is 22.4. The molecule has 4 rings (SSSR count). The van der Waals surface area contributed by atoms with Gasteiger partial charge in [-0.05, 0) is 63.4 Å². The van der Waals surface area contributed by atoms with Gasteiger partial charge in [-0.25, -0.2) is 9.59 Å². The van der Waals surface area contributed by atoms with E-state index in [9.17, 15) is 24.0 Å². The fourth-order valence-electron chi connectivity index (χ4n) is 4.94. The Morgan fingerprint density at radius 3 is 2.41 bits per heavy atom. The second-order valence-corrected chi connectivity index (χ2v) is 10.4. The van der Waals surface area contributed by atoms with Crippen molar-refractivity contribution in [2.45, 2.75) is 77.4 Å². The lowest BCUT2D eigenvalue weighted by Crippen LogP contribution is -2.47. The van der Waals surface area contributed by atoms with E-state index in [1.54, 1.807) is 18.7 Å². The molecule has 0 radical (unpaired) electrons. The number of carbonyl (C=O) groups is 3. The van der Waals surface area contributed by atoms with Crippen LogP contribution in [0.15, 0.2) is 9.59 Å². The minimum absolute atomic E-state index is 0.0691. The van der Waals surface area contributed by atoms with Crippen molar-refractivity contribution in [2.24, 2.45) is 11.7 Å². The third-order valence-corrected chi connectivity index (χ3v) is 7.93. The molecule has 0 atom stereocenters. The Morgan fingerprint density at radius 2 is 1.85 bits per heavy atom. The molecule has 2 aromatic heterocycles. The van der Waals surface area contributed by atoms with Crippen molar-refractivity contribution >= 4 is 40.4 Å². The molecule has 1 saturated heterocycles. The minimum Gasteiger partial charge on any atom is -0.365 e. The molecule has 0 unspecified atom stereocenters. The summed E-state index contributed by atoms with van der Waals surface area (Å²) in [6.07, 6.45) is 4.13. The predicted octanol–water partition coefficient (Wildman–Crippen LogP) is 1.58. The number of primary amides is 1. The number of hydrogen-bond donors (Lipinski definition) is 2. The molecule has 4 amide bonds. The lowest BCUT2D eigenvalue weighted by molar-refractivity contribution is -0.125. The van der Waals surface area contributed by atoms with E-state index in [1.165, 1.54) is 9.13 Å². The highest BCUT2D eigenvalue weighted by Crippen LogP contribution is 2.34. The van der Waals surface area contributed by atoms with Gasteiger partial charge < -0.3 is 10.6 Å². The number of fused-ring (bicyclic) bond motifs is 1. The first-order valence-electron chi connectivity index (χ1n) is 11.7. The van der Waals surface area contributed by atoms with E-state index in [4.69, 9.17) is 5.73 Å². The average molecular weight is 491 g/mol. The van der Waals surface area contributed by atoms with E-state index in [0.717, 1.165) is 24.4 Å². The molecule has 2 aliphatic rings. The van der Waals surface area contributed by atoms with Crippen LogP contribution in [0, 0.1) is 5.92 Å². The Morgan fingerprint density at radius 1 is 1.18 bits per heavy atom. The number of aryl methyl sites for hydroxylation is 1. The van der Waals surface area contributed by atoms with Gasteiger partial charge in [0.15, 0.2) is 5.65 Å². The molecular weight excluding hydrogens is 460 g/mol. The van der Waals surface area contributed by atoms with Gasteiger partial charge in [0.05, 0.1) is 0 Å². The highest BCUT2D eigenvalue weighted by Gasteiger charge is 2.46. The number of aromatic nitrogens is 3. The maximum atomic E-state index is 13.4. The minimum atomic E-state index is -0.903. The van der Waals surface area contributed by atoms with E-state index in [-0.39, 0.29) is 39.8 Å². The number of unbranched alkanes of at least 4 members (excludes halogenated alkanes) is 1. The molecule has 3 heterocycles. The zero-order valence-corrected chi connectivity index (χ0v) is 20.4. The van der Waals surface area contributed by atoms with Crippen LogP contribution < -0.4 is 22.3 Å². The molecule has 1 saturated carbocycles. The first-order chi connectivity index (χ1) is 16.1. The zero-order valence-electron chi connectivity index (χ0n) is 19.6. The van der Waals surface area contributed by atoms with Crippen LogP contribution in [0.5, 0.6) is 0 Å².